The van der Waals surface area contributed by atoms with E-state index in [0.717, 1.165) is 32.4 Å². The molecule has 0 aromatic carbocycles. The zero-order chi connectivity index (χ0) is 13.7. The smallest absolute Gasteiger partial charge is 0.252 e. The van der Waals surface area contributed by atoms with Crippen LogP contribution in [-0.2, 0) is 16.0 Å². The molecule has 1 saturated heterocycles. The molecule has 0 atom stereocenters. The van der Waals surface area contributed by atoms with Gasteiger partial charge in [-0.1, -0.05) is 0 Å². The summed E-state index contributed by atoms with van der Waals surface area (Å²) in [7, 11) is 1.63. The Morgan fingerprint density at radius 3 is 2.84 bits per heavy atom. The van der Waals surface area contributed by atoms with Crippen LogP contribution in [0, 0.1) is 2.88 Å². The van der Waals surface area contributed by atoms with Crippen LogP contribution < -0.4 is 10.6 Å². The molecule has 6 heteroatoms. The van der Waals surface area contributed by atoms with Gasteiger partial charge in [-0.15, -0.1) is 11.3 Å². The predicted molar refractivity (Wildman–Crippen MR) is 85.6 cm³/mol. The Labute approximate surface area is 131 Å². The van der Waals surface area contributed by atoms with E-state index in [1.807, 2.05) is 0 Å². The van der Waals surface area contributed by atoms with Crippen molar-refractivity contribution < 1.29 is 9.53 Å². The van der Waals surface area contributed by atoms with Crippen LogP contribution in [0.2, 0.25) is 0 Å². The molecule has 0 unspecified atom stereocenters. The highest BCUT2D eigenvalue weighted by atomic mass is 127. The fourth-order valence-corrected chi connectivity index (χ4v) is 4.06. The monoisotopic (exact) mass is 394 g/mol. The number of ether oxygens (including phenoxy) is 1. The van der Waals surface area contributed by atoms with Gasteiger partial charge in [-0.25, -0.2) is 0 Å². The SMILES string of the molecule is COC1(C(=O)NCCc2ccc(I)s2)CCNCC1. The highest BCUT2D eigenvalue weighted by Crippen LogP contribution is 2.23. The molecule has 0 bridgehead atoms. The van der Waals surface area contributed by atoms with Gasteiger partial charge in [0.1, 0.15) is 5.60 Å². The summed E-state index contributed by atoms with van der Waals surface area (Å²) in [6.07, 6.45) is 2.37. The normalized spacial score (nSPS) is 18.2. The Hall–Kier alpha value is -0.180. The van der Waals surface area contributed by atoms with Gasteiger partial charge in [0.2, 0.25) is 0 Å². The van der Waals surface area contributed by atoms with Crippen molar-refractivity contribution >= 4 is 39.8 Å². The molecule has 19 heavy (non-hydrogen) atoms. The lowest BCUT2D eigenvalue weighted by molar-refractivity contribution is -0.146. The third kappa shape index (κ3) is 3.90. The van der Waals surface area contributed by atoms with Crippen molar-refractivity contribution in [3.05, 3.63) is 19.9 Å². The Bertz CT molecular complexity index is 430. The quantitative estimate of drug-likeness (QED) is 0.749. The number of rotatable bonds is 5. The van der Waals surface area contributed by atoms with Crippen molar-refractivity contribution in [2.45, 2.75) is 24.9 Å². The number of halogens is 1. The van der Waals surface area contributed by atoms with Crippen LogP contribution in [-0.4, -0.2) is 38.3 Å². The second kappa shape index (κ2) is 7.01. The number of hydrogen-bond donors (Lipinski definition) is 2. The molecular weight excluding hydrogens is 375 g/mol. The second-order valence-electron chi connectivity index (χ2n) is 4.66. The van der Waals surface area contributed by atoms with E-state index in [-0.39, 0.29) is 5.91 Å². The van der Waals surface area contributed by atoms with Gasteiger partial charge in [0.15, 0.2) is 0 Å². The standard InChI is InChI=1S/C13H19IN2O2S/c1-18-13(5-8-15-9-6-13)12(17)16-7-4-10-2-3-11(14)19-10/h2-3,15H,4-9H2,1H3,(H,16,17). The molecule has 1 fully saturated rings. The summed E-state index contributed by atoms with van der Waals surface area (Å²) < 4.78 is 6.78. The average molecular weight is 394 g/mol. The van der Waals surface area contributed by atoms with E-state index in [0.29, 0.717) is 6.54 Å². The van der Waals surface area contributed by atoms with Crippen LogP contribution in [0.25, 0.3) is 0 Å². The van der Waals surface area contributed by atoms with Crippen molar-refractivity contribution in [1.29, 1.82) is 0 Å². The molecule has 2 heterocycles. The first-order chi connectivity index (χ1) is 9.16. The molecular formula is C13H19IN2O2S. The van der Waals surface area contributed by atoms with Crippen molar-refractivity contribution in [2.24, 2.45) is 0 Å². The van der Waals surface area contributed by atoms with Gasteiger partial charge >= 0.3 is 0 Å². The zero-order valence-corrected chi connectivity index (χ0v) is 14.0. The van der Waals surface area contributed by atoms with E-state index in [9.17, 15) is 4.79 Å². The molecule has 0 spiro atoms. The van der Waals surface area contributed by atoms with Gasteiger partial charge < -0.3 is 15.4 Å². The van der Waals surface area contributed by atoms with E-state index in [2.05, 4.69) is 45.4 Å². The van der Waals surface area contributed by atoms with Crippen LogP contribution >= 0.6 is 33.9 Å². The summed E-state index contributed by atoms with van der Waals surface area (Å²) in [6.45, 7) is 2.35. The molecule has 4 nitrogen and oxygen atoms in total. The Kier molecular flexibility index (Phi) is 5.61. The maximum absolute atomic E-state index is 12.3. The van der Waals surface area contributed by atoms with Gasteiger partial charge in [0, 0.05) is 18.5 Å². The Morgan fingerprint density at radius 2 is 2.26 bits per heavy atom. The number of carbonyl (C=O) groups is 1. The number of thiophene rings is 1. The lowest BCUT2D eigenvalue weighted by Crippen LogP contribution is -2.54. The van der Waals surface area contributed by atoms with Gasteiger partial charge in [0.05, 0.1) is 2.88 Å². The third-order valence-electron chi connectivity index (χ3n) is 3.50. The lowest BCUT2D eigenvalue weighted by Gasteiger charge is -2.34. The summed E-state index contributed by atoms with van der Waals surface area (Å²) in [5.41, 5.74) is -0.630. The summed E-state index contributed by atoms with van der Waals surface area (Å²) in [5.74, 6) is 0.0303. The molecule has 1 aromatic rings. The maximum Gasteiger partial charge on any atom is 0.252 e. The molecule has 0 saturated carbocycles. The van der Waals surface area contributed by atoms with Crippen LogP contribution in [0.1, 0.15) is 17.7 Å². The van der Waals surface area contributed by atoms with Gasteiger partial charge in [-0.05, 0) is 67.1 Å². The molecule has 2 N–H and O–H groups in total. The summed E-state index contributed by atoms with van der Waals surface area (Å²) in [6, 6.07) is 4.22. The second-order valence-corrected chi connectivity index (χ2v) is 7.72. The Morgan fingerprint density at radius 1 is 1.53 bits per heavy atom. The van der Waals surface area contributed by atoms with Crippen LogP contribution in [0.3, 0.4) is 0 Å². The van der Waals surface area contributed by atoms with E-state index < -0.39 is 5.60 Å². The summed E-state index contributed by atoms with van der Waals surface area (Å²) in [4.78, 5) is 13.6. The molecule has 1 aromatic heterocycles. The maximum atomic E-state index is 12.3. The Balaban J connectivity index is 1.82. The molecule has 0 radical (unpaired) electrons. The average Bonchev–Trinajstić information content (AvgIpc) is 2.85. The topological polar surface area (TPSA) is 50.4 Å². The largest absolute Gasteiger partial charge is 0.368 e. The first-order valence-corrected chi connectivity index (χ1v) is 8.34. The summed E-state index contributed by atoms with van der Waals surface area (Å²) in [5, 5.41) is 6.27. The third-order valence-corrected chi connectivity index (χ3v) is 5.46. The highest BCUT2D eigenvalue weighted by molar-refractivity contribution is 14.1. The van der Waals surface area contributed by atoms with Crippen LogP contribution in [0.4, 0.5) is 0 Å². The molecule has 1 aliphatic rings. The molecule has 106 valence electrons. The molecule has 1 amide bonds. The number of hydrogen-bond acceptors (Lipinski definition) is 4. The van der Waals surface area contributed by atoms with Crippen molar-refractivity contribution in [2.75, 3.05) is 26.7 Å². The minimum Gasteiger partial charge on any atom is -0.368 e. The number of carbonyl (C=O) groups excluding carboxylic acids is 1. The number of piperidine rings is 1. The minimum absolute atomic E-state index is 0.0303. The highest BCUT2D eigenvalue weighted by Gasteiger charge is 2.39. The van der Waals surface area contributed by atoms with Gasteiger partial charge in [-0.2, -0.15) is 0 Å². The van der Waals surface area contributed by atoms with E-state index in [4.69, 9.17) is 4.74 Å². The molecule has 1 aliphatic heterocycles. The first kappa shape index (κ1) is 15.2. The fourth-order valence-electron chi connectivity index (χ4n) is 2.30. The van der Waals surface area contributed by atoms with Crippen molar-refractivity contribution in [3.63, 3.8) is 0 Å². The fraction of sp³-hybridized carbons (Fsp3) is 0.615. The zero-order valence-electron chi connectivity index (χ0n) is 11.0. The van der Waals surface area contributed by atoms with Crippen LogP contribution in [0.15, 0.2) is 12.1 Å². The minimum atomic E-state index is -0.630. The number of methoxy groups -OCH3 is 1. The van der Waals surface area contributed by atoms with E-state index >= 15 is 0 Å². The number of nitrogens with one attached hydrogen (secondary N) is 2. The van der Waals surface area contributed by atoms with Gasteiger partial charge in [-0.3, -0.25) is 4.79 Å². The first-order valence-electron chi connectivity index (χ1n) is 6.45. The van der Waals surface area contributed by atoms with E-state index in [1.54, 1.807) is 18.4 Å². The van der Waals surface area contributed by atoms with Gasteiger partial charge in [0.25, 0.3) is 5.91 Å². The van der Waals surface area contributed by atoms with Crippen molar-refractivity contribution in [3.8, 4) is 0 Å². The van der Waals surface area contributed by atoms with Crippen LogP contribution in [0.5, 0.6) is 0 Å². The lowest BCUT2D eigenvalue weighted by atomic mass is 9.91. The number of amides is 1. The van der Waals surface area contributed by atoms with Crippen molar-refractivity contribution in [1.82, 2.24) is 10.6 Å². The van der Waals surface area contributed by atoms with E-state index in [1.165, 1.54) is 7.76 Å². The molecule has 2 rings (SSSR count). The predicted octanol–water partition coefficient (Wildman–Crippen LogP) is 1.78. The molecule has 0 aliphatic carbocycles. The summed E-state index contributed by atoms with van der Waals surface area (Å²) >= 11 is 4.09.